The van der Waals surface area contributed by atoms with Crippen LogP contribution in [0.15, 0.2) is 75.0 Å². The second kappa shape index (κ2) is 11.1. The first-order valence-electron chi connectivity index (χ1n) is 11.6. The third-order valence-corrected chi connectivity index (χ3v) is 6.79. The van der Waals surface area contributed by atoms with Crippen LogP contribution in [0.25, 0.3) is 10.9 Å². The minimum Gasteiger partial charge on any atom is -0.483 e. The van der Waals surface area contributed by atoms with E-state index in [1.54, 1.807) is 18.3 Å². The zero-order chi connectivity index (χ0) is 26.7. The molecule has 190 valence electrons. The van der Waals surface area contributed by atoms with Gasteiger partial charge in [-0.3, -0.25) is 9.59 Å². The molecule has 0 bridgehead atoms. The van der Waals surface area contributed by atoms with Crippen molar-refractivity contribution in [1.82, 2.24) is 9.66 Å². The lowest BCUT2D eigenvalue weighted by atomic mass is 9.95. The van der Waals surface area contributed by atoms with E-state index >= 15 is 0 Å². The highest BCUT2D eigenvalue weighted by atomic mass is 127. The predicted octanol–water partition coefficient (Wildman–Crippen LogP) is 6.27. The molecule has 0 radical (unpaired) electrons. The van der Waals surface area contributed by atoms with Gasteiger partial charge >= 0.3 is 0 Å². The number of aryl methyl sites for hydroxylation is 1. The van der Waals surface area contributed by atoms with Crippen molar-refractivity contribution in [3.8, 4) is 5.75 Å². The second-order valence-corrected chi connectivity index (χ2v) is 11.7. The van der Waals surface area contributed by atoms with Crippen LogP contribution in [0.2, 0.25) is 0 Å². The quantitative estimate of drug-likeness (QED) is 0.193. The highest BCUT2D eigenvalue weighted by Crippen LogP contribution is 2.24. The molecule has 0 fully saturated rings. The van der Waals surface area contributed by atoms with Crippen molar-refractivity contribution < 1.29 is 9.53 Å². The number of carbonyl (C=O) groups excluding carboxylic acids is 1. The highest BCUT2D eigenvalue weighted by Gasteiger charge is 2.23. The number of carbonyl (C=O) groups is 1. The molecule has 0 saturated heterocycles. The molecule has 4 aromatic rings. The number of rotatable bonds is 6. The lowest BCUT2D eigenvalue weighted by Crippen LogP contribution is -2.29. The minimum atomic E-state index is -0.400. The topological polar surface area (TPSA) is 85.6 Å². The molecule has 1 heterocycles. The molecule has 0 aliphatic rings. The molecular formula is C28H26BrIN4O3. The van der Waals surface area contributed by atoms with Gasteiger partial charge in [-0.25, -0.2) is 4.98 Å². The van der Waals surface area contributed by atoms with Crippen molar-refractivity contribution >= 4 is 67.2 Å². The molecule has 9 heteroatoms. The monoisotopic (exact) mass is 672 g/mol. The molecule has 0 atom stereocenters. The van der Waals surface area contributed by atoms with Crippen LogP contribution in [0.1, 0.15) is 37.7 Å². The van der Waals surface area contributed by atoms with E-state index in [1.807, 2.05) is 76.2 Å². The van der Waals surface area contributed by atoms with E-state index in [9.17, 15) is 9.59 Å². The molecular weight excluding hydrogens is 647 g/mol. The molecule has 37 heavy (non-hydrogen) atoms. The van der Waals surface area contributed by atoms with Crippen LogP contribution >= 0.6 is 38.5 Å². The lowest BCUT2D eigenvalue weighted by Gasteiger charge is -2.20. The zero-order valence-corrected chi connectivity index (χ0v) is 24.6. The first-order chi connectivity index (χ1) is 17.5. The second-order valence-electron chi connectivity index (χ2n) is 9.60. The molecule has 0 saturated carbocycles. The van der Waals surface area contributed by atoms with Gasteiger partial charge in [0.1, 0.15) is 11.6 Å². The number of aromatic nitrogens is 2. The number of benzene rings is 3. The van der Waals surface area contributed by atoms with Crippen LogP contribution < -0.4 is 15.6 Å². The van der Waals surface area contributed by atoms with E-state index in [2.05, 4.69) is 48.9 Å². The summed E-state index contributed by atoms with van der Waals surface area (Å²) in [6.07, 6.45) is 1.62. The Balaban J connectivity index is 1.53. The maximum atomic E-state index is 13.3. The fraction of sp³-hybridized carbons (Fsp3) is 0.214. The van der Waals surface area contributed by atoms with Crippen LogP contribution in [0.5, 0.6) is 5.75 Å². The van der Waals surface area contributed by atoms with E-state index < -0.39 is 5.41 Å². The van der Waals surface area contributed by atoms with Gasteiger partial charge in [-0.05, 0) is 83.6 Å². The Kier molecular flexibility index (Phi) is 8.13. The van der Waals surface area contributed by atoms with Crippen molar-refractivity contribution in [3.63, 3.8) is 0 Å². The number of anilines is 1. The summed E-state index contributed by atoms with van der Waals surface area (Å²) < 4.78 is 8.70. The van der Waals surface area contributed by atoms with Crippen LogP contribution in [-0.2, 0) is 10.2 Å². The molecule has 7 nitrogen and oxygen atoms in total. The number of nitrogens with one attached hydrogen (secondary N) is 1. The van der Waals surface area contributed by atoms with Gasteiger partial charge in [0.25, 0.3) is 11.5 Å². The van der Waals surface area contributed by atoms with E-state index in [-0.39, 0.29) is 18.1 Å². The number of nitrogens with zero attached hydrogens (tertiary/aromatic N) is 3. The van der Waals surface area contributed by atoms with Crippen molar-refractivity contribution in [2.45, 2.75) is 33.1 Å². The molecule has 3 aromatic carbocycles. The summed E-state index contributed by atoms with van der Waals surface area (Å²) in [5.74, 6) is 0.911. The summed E-state index contributed by atoms with van der Waals surface area (Å²) in [5, 5.41) is 7.82. The number of hydrogen-bond acceptors (Lipinski definition) is 5. The molecule has 1 N–H and O–H groups in total. The van der Waals surface area contributed by atoms with Gasteiger partial charge in [0, 0.05) is 15.6 Å². The van der Waals surface area contributed by atoms with Crippen LogP contribution in [0.4, 0.5) is 5.69 Å². The largest absolute Gasteiger partial charge is 0.483 e. The number of ether oxygens (including phenoxy) is 1. The lowest BCUT2D eigenvalue weighted by molar-refractivity contribution is -0.118. The Labute approximate surface area is 237 Å². The third-order valence-electron chi connectivity index (χ3n) is 5.45. The Morgan fingerprint density at radius 3 is 2.54 bits per heavy atom. The average molecular weight is 673 g/mol. The fourth-order valence-corrected chi connectivity index (χ4v) is 4.61. The van der Waals surface area contributed by atoms with E-state index in [4.69, 9.17) is 9.72 Å². The average Bonchev–Trinajstić information content (AvgIpc) is 2.84. The highest BCUT2D eigenvalue weighted by molar-refractivity contribution is 14.1. The van der Waals surface area contributed by atoms with Gasteiger partial charge in [0.05, 0.1) is 20.7 Å². The van der Waals surface area contributed by atoms with E-state index in [0.717, 1.165) is 24.9 Å². The van der Waals surface area contributed by atoms with Gasteiger partial charge in [-0.2, -0.15) is 9.78 Å². The maximum absolute atomic E-state index is 13.3. The molecule has 0 spiro atoms. The van der Waals surface area contributed by atoms with Crippen molar-refractivity contribution in [1.29, 1.82) is 0 Å². The summed E-state index contributed by atoms with van der Waals surface area (Å²) in [7, 11) is 0. The SMILES string of the molecule is Cc1ccc(NC(=O)COc2ccc(C=Nn3c(C(C)(C)C)nc4ccc(Br)cc4c3=O)cc2I)cc1. The van der Waals surface area contributed by atoms with Gasteiger partial charge < -0.3 is 10.1 Å². The number of hydrogen-bond donors (Lipinski definition) is 1. The Morgan fingerprint density at radius 2 is 1.86 bits per heavy atom. The van der Waals surface area contributed by atoms with Gasteiger partial charge in [-0.15, -0.1) is 0 Å². The van der Waals surface area contributed by atoms with Crippen LogP contribution in [-0.4, -0.2) is 28.4 Å². The van der Waals surface area contributed by atoms with Gasteiger partial charge in [0.15, 0.2) is 6.61 Å². The van der Waals surface area contributed by atoms with Crippen molar-refractivity contribution in [2.24, 2.45) is 5.10 Å². The third kappa shape index (κ3) is 6.64. The molecule has 0 aliphatic heterocycles. The maximum Gasteiger partial charge on any atom is 0.282 e. The Bertz CT molecular complexity index is 1560. The number of halogens is 2. The smallest absolute Gasteiger partial charge is 0.282 e. The normalized spacial score (nSPS) is 11.7. The van der Waals surface area contributed by atoms with Crippen molar-refractivity contribution in [3.05, 3.63) is 96.0 Å². The molecule has 1 amide bonds. The molecule has 0 unspecified atom stereocenters. The van der Waals surface area contributed by atoms with E-state index in [0.29, 0.717) is 22.5 Å². The number of amides is 1. The Hall–Kier alpha value is -3.05. The summed E-state index contributed by atoms with van der Waals surface area (Å²) in [5.41, 5.74) is 2.62. The minimum absolute atomic E-state index is 0.111. The fourth-order valence-electron chi connectivity index (χ4n) is 3.56. The predicted molar refractivity (Wildman–Crippen MR) is 160 cm³/mol. The summed E-state index contributed by atoms with van der Waals surface area (Å²) in [4.78, 5) is 30.3. The molecule has 4 rings (SSSR count). The summed E-state index contributed by atoms with van der Waals surface area (Å²) in [6, 6.07) is 18.5. The molecule has 1 aromatic heterocycles. The van der Waals surface area contributed by atoms with Crippen LogP contribution in [0.3, 0.4) is 0 Å². The zero-order valence-electron chi connectivity index (χ0n) is 20.9. The summed E-state index contributed by atoms with van der Waals surface area (Å²) in [6.45, 7) is 7.87. The summed E-state index contributed by atoms with van der Waals surface area (Å²) >= 11 is 5.58. The van der Waals surface area contributed by atoms with Gasteiger partial charge in [0.2, 0.25) is 0 Å². The number of fused-ring (bicyclic) bond motifs is 1. The first kappa shape index (κ1) is 27.0. The van der Waals surface area contributed by atoms with Crippen LogP contribution in [0, 0.1) is 10.5 Å². The standard InChI is InChI=1S/C28H26BrIN4O3/c1-17-5-9-20(10-6-17)32-25(35)16-37-24-12-7-18(13-22(24)30)15-31-34-26(36)21-14-19(29)8-11-23(21)33-27(34)28(2,3)4/h5-15H,16H2,1-4H3,(H,32,35). The first-order valence-corrected chi connectivity index (χ1v) is 13.4. The van der Waals surface area contributed by atoms with E-state index in [1.165, 1.54) is 4.68 Å². The van der Waals surface area contributed by atoms with Gasteiger partial charge in [-0.1, -0.05) is 54.4 Å². The Morgan fingerprint density at radius 1 is 1.14 bits per heavy atom. The van der Waals surface area contributed by atoms with Crippen molar-refractivity contribution in [2.75, 3.05) is 11.9 Å². The molecule has 0 aliphatic carbocycles.